The minimum atomic E-state index is -1.11. The maximum atomic E-state index is 13.0. The van der Waals surface area contributed by atoms with Crippen molar-refractivity contribution >= 4 is 17.3 Å². The normalized spacial score (nSPS) is 19.9. The van der Waals surface area contributed by atoms with Crippen LogP contribution in [-0.2, 0) is 9.63 Å². The van der Waals surface area contributed by atoms with Crippen molar-refractivity contribution in [3.63, 3.8) is 0 Å². The Morgan fingerprint density at radius 1 is 1.30 bits per heavy atom. The molecule has 0 bridgehead atoms. The predicted octanol–water partition coefficient (Wildman–Crippen LogP) is 3.05. The summed E-state index contributed by atoms with van der Waals surface area (Å²) in [4.78, 5) is 22.0. The van der Waals surface area contributed by atoms with Crippen molar-refractivity contribution in [1.29, 1.82) is 0 Å². The van der Waals surface area contributed by atoms with E-state index in [9.17, 15) is 9.18 Å². The smallest absolute Gasteiger partial charge is 0.271 e. The van der Waals surface area contributed by atoms with E-state index >= 15 is 0 Å². The van der Waals surface area contributed by atoms with Gasteiger partial charge in [-0.3, -0.25) is 9.78 Å². The number of aromatic nitrogens is 1. The van der Waals surface area contributed by atoms with Gasteiger partial charge in [-0.15, -0.1) is 0 Å². The minimum absolute atomic E-state index is 0.297. The van der Waals surface area contributed by atoms with Crippen molar-refractivity contribution in [2.75, 3.05) is 5.32 Å². The Hall–Kier alpha value is -2.76. The summed E-state index contributed by atoms with van der Waals surface area (Å²) in [7, 11) is 0. The Morgan fingerprint density at radius 3 is 2.74 bits per heavy atom. The SMILES string of the molecule is Cc1ncccc1NC(=O)[C@@]1(C)CC(c2ccc(F)cc2)=NO1. The molecular formula is C17H16FN3O2. The van der Waals surface area contributed by atoms with Crippen LogP contribution in [0.1, 0.15) is 24.6 Å². The topological polar surface area (TPSA) is 63.6 Å². The summed E-state index contributed by atoms with van der Waals surface area (Å²) >= 11 is 0. The van der Waals surface area contributed by atoms with E-state index in [0.29, 0.717) is 17.8 Å². The van der Waals surface area contributed by atoms with E-state index < -0.39 is 5.60 Å². The van der Waals surface area contributed by atoms with Gasteiger partial charge in [-0.1, -0.05) is 17.3 Å². The Bertz CT molecular complexity index is 774. The number of hydrogen-bond acceptors (Lipinski definition) is 4. The van der Waals surface area contributed by atoms with Crippen LogP contribution in [-0.4, -0.2) is 22.2 Å². The summed E-state index contributed by atoms with van der Waals surface area (Å²) in [6, 6.07) is 9.47. The Morgan fingerprint density at radius 2 is 2.04 bits per heavy atom. The third-order valence-corrected chi connectivity index (χ3v) is 3.77. The molecule has 2 heterocycles. The highest BCUT2D eigenvalue weighted by Crippen LogP contribution is 2.28. The molecule has 1 aliphatic heterocycles. The van der Waals surface area contributed by atoms with Gasteiger partial charge in [0.1, 0.15) is 5.82 Å². The molecule has 23 heavy (non-hydrogen) atoms. The van der Waals surface area contributed by atoms with E-state index in [2.05, 4.69) is 15.5 Å². The van der Waals surface area contributed by atoms with Gasteiger partial charge in [0.05, 0.1) is 17.1 Å². The van der Waals surface area contributed by atoms with Crippen LogP contribution in [0.5, 0.6) is 0 Å². The summed E-state index contributed by atoms with van der Waals surface area (Å²) in [6.07, 6.45) is 1.97. The zero-order valence-corrected chi connectivity index (χ0v) is 12.8. The molecule has 3 rings (SSSR count). The molecule has 1 aliphatic rings. The molecule has 0 saturated heterocycles. The van der Waals surface area contributed by atoms with Crippen LogP contribution in [0.3, 0.4) is 0 Å². The summed E-state index contributed by atoms with van der Waals surface area (Å²) in [5, 5.41) is 6.81. The lowest BCUT2D eigenvalue weighted by atomic mass is 9.95. The number of hydrogen-bond donors (Lipinski definition) is 1. The first-order valence-electron chi connectivity index (χ1n) is 7.22. The molecule has 0 aliphatic carbocycles. The van der Waals surface area contributed by atoms with Crippen LogP contribution in [0.25, 0.3) is 0 Å². The monoisotopic (exact) mass is 313 g/mol. The van der Waals surface area contributed by atoms with E-state index in [1.165, 1.54) is 12.1 Å². The molecule has 0 fully saturated rings. The third kappa shape index (κ3) is 3.06. The van der Waals surface area contributed by atoms with E-state index in [-0.39, 0.29) is 11.7 Å². The number of anilines is 1. The molecule has 0 radical (unpaired) electrons. The van der Waals surface area contributed by atoms with Crippen LogP contribution in [0.4, 0.5) is 10.1 Å². The van der Waals surface area contributed by atoms with E-state index in [0.717, 1.165) is 11.3 Å². The van der Waals surface area contributed by atoms with E-state index in [4.69, 9.17) is 4.84 Å². The largest absolute Gasteiger partial charge is 0.379 e. The highest BCUT2D eigenvalue weighted by molar-refractivity contribution is 6.07. The molecule has 2 aromatic rings. The molecule has 0 unspecified atom stereocenters. The van der Waals surface area contributed by atoms with Gasteiger partial charge in [-0.2, -0.15) is 0 Å². The summed E-state index contributed by atoms with van der Waals surface area (Å²) in [5.74, 6) is -0.615. The van der Waals surface area contributed by atoms with Gasteiger partial charge in [0.25, 0.3) is 5.91 Å². The highest BCUT2D eigenvalue weighted by atomic mass is 19.1. The Labute approximate surface area is 133 Å². The number of aryl methyl sites for hydroxylation is 1. The summed E-state index contributed by atoms with van der Waals surface area (Å²) in [5.41, 5.74) is 1.61. The molecule has 0 spiro atoms. The standard InChI is InChI=1S/C17H16FN3O2/c1-11-14(4-3-9-19-11)20-16(22)17(2)10-15(21-23-17)12-5-7-13(18)8-6-12/h3-9H,10H2,1-2H3,(H,20,22)/t17-/m1/s1. The number of amides is 1. The Kier molecular flexibility index (Phi) is 3.82. The third-order valence-electron chi connectivity index (χ3n) is 3.77. The van der Waals surface area contributed by atoms with Crippen LogP contribution in [0, 0.1) is 12.7 Å². The number of pyridine rings is 1. The number of oxime groups is 1. The van der Waals surface area contributed by atoms with Crippen LogP contribution >= 0.6 is 0 Å². The number of carbonyl (C=O) groups excluding carboxylic acids is 1. The van der Waals surface area contributed by atoms with Crippen molar-refractivity contribution < 1.29 is 14.0 Å². The zero-order chi connectivity index (χ0) is 16.4. The van der Waals surface area contributed by atoms with E-state index in [1.807, 2.05) is 6.92 Å². The van der Waals surface area contributed by atoms with Crippen molar-refractivity contribution in [2.45, 2.75) is 25.9 Å². The van der Waals surface area contributed by atoms with Gasteiger partial charge < -0.3 is 10.2 Å². The molecule has 118 valence electrons. The van der Waals surface area contributed by atoms with Gasteiger partial charge in [0.15, 0.2) is 0 Å². The highest BCUT2D eigenvalue weighted by Gasteiger charge is 2.42. The number of carbonyl (C=O) groups is 1. The van der Waals surface area contributed by atoms with Gasteiger partial charge in [-0.25, -0.2) is 4.39 Å². The fraction of sp³-hybridized carbons (Fsp3) is 0.235. The second-order valence-electron chi connectivity index (χ2n) is 5.63. The molecule has 1 amide bonds. The molecule has 1 aromatic carbocycles. The second-order valence-corrected chi connectivity index (χ2v) is 5.63. The first kappa shape index (κ1) is 15.1. The maximum absolute atomic E-state index is 13.0. The molecule has 1 N–H and O–H groups in total. The van der Waals surface area contributed by atoms with E-state index in [1.54, 1.807) is 37.4 Å². The van der Waals surface area contributed by atoms with Crippen molar-refractivity contribution in [3.05, 3.63) is 59.7 Å². The summed E-state index contributed by atoms with van der Waals surface area (Å²) in [6.45, 7) is 3.49. The van der Waals surface area contributed by atoms with Crippen LogP contribution in [0.15, 0.2) is 47.8 Å². The van der Waals surface area contributed by atoms with Gasteiger partial charge in [0.2, 0.25) is 5.60 Å². The Balaban J connectivity index is 1.73. The zero-order valence-electron chi connectivity index (χ0n) is 12.8. The lowest BCUT2D eigenvalue weighted by Crippen LogP contribution is -2.40. The lowest BCUT2D eigenvalue weighted by Gasteiger charge is -2.20. The van der Waals surface area contributed by atoms with Crippen LogP contribution < -0.4 is 5.32 Å². The lowest BCUT2D eigenvalue weighted by molar-refractivity contribution is -0.135. The number of benzene rings is 1. The molecule has 1 aromatic heterocycles. The second kappa shape index (κ2) is 5.79. The molecule has 0 saturated carbocycles. The number of halogens is 1. The van der Waals surface area contributed by atoms with Crippen molar-refractivity contribution in [1.82, 2.24) is 4.98 Å². The van der Waals surface area contributed by atoms with Gasteiger partial charge >= 0.3 is 0 Å². The molecule has 6 heteroatoms. The minimum Gasteiger partial charge on any atom is -0.379 e. The predicted molar refractivity (Wildman–Crippen MR) is 84.6 cm³/mol. The number of nitrogens with zero attached hydrogens (tertiary/aromatic N) is 2. The van der Waals surface area contributed by atoms with Crippen LogP contribution in [0.2, 0.25) is 0 Å². The number of nitrogens with one attached hydrogen (secondary N) is 1. The number of rotatable bonds is 3. The molecular weight excluding hydrogens is 297 g/mol. The van der Waals surface area contributed by atoms with Crippen molar-refractivity contribution in [2.24, 2.45) is 5.16 Å². The molecule has 1 atom stereocenters. The van der Waals surface area contributed by atoms with Gasteiger partial charge in [-0.05, 0) is 43.7 Å². The van der Waals surface area contributed by atoms with Crippen molar-refractivity contribution in [3.8, 4) is 0 Å². The quantitative estimate of drug-likeness (QED) is 0.947. The average Bonchev–Trinajstić information content (AvgIpc) is 2.94. The first-order valence-corrected chi connectivity index (χ1v) is 7.22. The first-order chi connectivity index (χ1) is 11.0. The van der Waals surface area contributed by atoms with Gasteiger partial charge in [0, 0.05) is 12.6 Å². The average molecular weight is 313 g/mol. The molecule has 5 nitrogen and oxygen atoms in total. The fourth-order valence-electron chi connectivity index (χ4n) is 2.33. The maximum Gasteiger partial charge on any atom is 0.271 e. The summed E-state index contributed by atoms with van der Waals surface area (Å²) < 4.78 is 13.0. The fourth-order valence-corrected chi connectivity index (χ4v) is 2.33.